The largest absolute Gasteiger partial charge is 0.460 e. The van der Waals surface area contributed by atoms with Crippen molar-refractivity contribution >= 4 is 59.3 Å². The number of ether oxygens (including phenoxy) is 8. The van der Waals surface area contributed by atoms with E-state index in [2.05, 4.69) is 41.9 Å². The van der Waals surface area contributed by atoms with Crippen LogP contribution in [0.15, 0.2) is 5.11 Å². The molecule has 0 fully saturated rings. The molecule has 27 nitrogen and oxygen atoms in total. The summed E-state index contributed by atoms with van der Waals surface area (Å²) in [5, 5.41) is 18.0. The predicted molar refractivity (Wildman–Crippen MR) is 277 cm³/mol. The summed E-state index contributed by atoms with van der Waals surface area (Å²) >= 11 is 0. The molecule has 0 aromatic rings. The first kappa shape index (κ1) is 70.8. The van der Waals surface area contributed by atoms with Crippen LogP contribution >= 0.6 is 0 Å². The summed E-state index contributed by atoms with van der Waals surface area (Å²) < 4.78 is 43.1. The Morgan fingerprint density at radius 1 is 0.455 bits per heavy atom. The lowest BCUT2D eigenvalue weighted by molar-refractivity contribution is -0.157. The molecule has 0 saturated heterocycles. The summed E-state index contributed by atoms with van der Waals surface area (Å²) in [5.74, 6) is -9.20. The number of hydrogen-bond acceptors (Lipinski definition) is 19. The standard InChI is InChI=1S/C50H87N9O18/c1-31(2)41(58-43(66)33(16-17-37(61)74-47(4,5)6)56-45(68)34(55-36(60)30-53-59-51)28-39(63)76-49(10,11)12)46(69)57-35(29-40(64)77-50(13,14)15)44(67)54-32(3)42(65)52-19-21-71-23-25-73-27-26-72-24-22-70-20-18-38(62)75-48(7,8)9/h31-35,41H,16-30H2,1-15H3,(H,52,65)(H,54,67)(H,55,60)(H,56,68)(H,57,69)(H,58,66)/t32-,33?,34-,35?,41-/m0/s1. The van der Waals surface area contributed by atoms with Gasteiger partial charge in [0.25, 0.3) is 0 Å². The van der Waals surface area contributed by atoms with E-state index in [1.165, 1.54) is 6.92 Å². The highest BCUT2D eigenvalue weighted by atomic mass is 16.6. The molecule has 77 heavy (non-hydrogen) atoms. The molecule has 0 radical (unpaired) electrons. The molecule has 0 aromatic heterocycles. The highest BCUT2D eigenvalue weighted by Gasteiger charge is 2.36. The van der Waals surface area contributed by atoms with Crippen LogP contribution in [0.1, 0.15) is 136 Å². The van der Waals surface area contributed by atoms with Crippen molar-refractivity contribution in [3.8, 4) is 0 Å². The SMILES string of the molecule is CC(C)[C@H](NC(=O)C(CCC(=O)OC(C)(C)C)NC(=O)[C@H](CC(=O)OC(C)(C)C)NC(=O)CN=[N+]=[N-])C(=O)NC(CC(=O)OC(C)(C)C)C(=O)N[C@@H](C)C(=O)NCCOCCOCCOCCOCCC(=O)OC(C)(C)C. The fourth-order valence-corrected chi connectivity index (χ4v) is 6.19. The Balaban J connectivity index is 5.87. The predicted octanol–water partition coefficient (Wildman–Crippen LogP) is 1.90. The minimum absolute atomic E-state index is 0.0552. The van der Waals surface area contributed by atoms with Crippen molar-refractivity contribution in [2.24, 2.45) is 11.0 Å². The molecule has 0 saturated carbocycles. The van der Waals surface area contributed by atoms with Crippen LogP contribution in [0.25, 0.3) is 10.4 Å². The third-order valence-electron chi connectivity index (χ3n) is 9.37. The molecule has 0 aliphatic rings. The Hall–Kier alpha value is -6.15. The fourth-order valence-electron chi connectivity index (χ4n) is 6.19. The van der Waals surface area contributed by atoms with Gasteiger partial charge in [0.05, 0.1) is 72.1 Å². The zero-order chi connectivity index (χ0) is 59.2. The van der Waals surface area contributed by atoms with Crippen molar-refractivity contribution in [1.29, 1.82) is 0 Å². The van der Waals surface area contributed by atoms with Gasteiger partial charge in [-0.05, 0) is 108 Å². The summed E-state index contributed by atoms with van der Waals surface area (Å²) in [7, 11) is 0. The Labute approximate surface area is 452 Å². The molecule has 5 atom stereocenters. The summed E-state index contributed by atoms with van der Waals surface area (Å²) in [6.07, 6.45) is -2.13. The first-order valence-electron chi connectivity index (χ1n) is 25.5. The maximum atomic E-state index is 14.1. The lowest BCUT2D eigenvalue weighted by Gasteiger charge is -2.29. The number of carbonyl (C=O) groups excluding carboxylic acids is 10. The highest BCUT2D eigenvalue weighted by molar-refractivity contribution is 5.98. The molecule has 0 spiro atoms. The number of esters is 4. The van der Waals surface area contributed by atoms with Crippen molar-refractivity contribution < 1.29 is 85.8 Å². The van der Waals surface area contributed by atoms with Crippen molar-refractivity contribution in [2.45, 2.75) is 189 Å². The van der Waals surface area contributed by atoms with Crippen molar-refractivity contribution in [1.82, 2.24) is 31.9 Å². The van der Waals surface area contributed by atoms with Crippen molar-refractivity contribution in [3.05, 3.63) is 10.4 Å². The summed E-state index contributed by atoms with van der Waals surface area (Å²) in [5.41, 5.74) is 5.23. The average molecular weight is 1100 g/mol. The fraction of sp³-hybridized carbons (Fsp3) is 0.800. The first-order valence-corrected chi connectivity index (χ1v) is 25.5. The van der Waals surface area contributed by atoms with Gasteiger partial charge in [-0.3, -0.25) is 47.9 Å². The zero-order valence-electron chi connectivity index (χ0n) is 47.8. The van der Waals surface area contributed by atoms with Gasteiger partial charge >= 0.3 is 23.9 Å². The van der Waals surface area contributed by atoms with Gasteiger partial charge in [-0.1, -0.05) is 19.0 Å². The third kappa shape index (κ3) is 37.3. The lowest BCUT2D eigenvalue weighted by atomic mass is 10.0. The van der Waals surface area contributed by atoms with Gasteiger partial charge in [0, 0.05) is 17.9 Å². The van der Waals surface area contributed by atoms with Gasteiger partial charge in [0.1, 0.15) is 59.2 Å². The molecule has 2 unspecified atom stereocenters. The molecule has 6 amide bonds. The topological polar surface area (TPSA) is 365 Å². The maximum Gasteiger partial charge on any atom is 0.308 e. The third-order valence-corrected chi connectivity index (χ3v) is 9.37. The van der Waals surface area contributed by atoms with Gasteiger partial charge in [0.15, 0.2) is 0 Å². The molecule has 0 aromatic carbocycles. The van der Waals surface area contributed by atoms with Crippen LogP contribution < -0.4 is 31.9 Å². The van der Waals surface area contributed by atoms with Gasteiger partial charge in [-0.15, -0.1) is 0 Å². The van der Waals surface area contributed by atoms with E-state index < -0.39 is 144 Å². The van der Waals surface area contributed by atoms with E-state index in [1.807, 2.05) is 0 Å². The van der Waals surface area contributed by atoms with Gasteiger partial charge < -0.3 is 69.8 Å². The van der Waals surface area contributed by atoms with E-state index in [4.69, 9.17) is 43.4 Å². The van der Waals surface area contributed by atoms with Crippen LogP contribution in [0.2, 0.25) is 0 Å². The van der Waals surface area contributed by atoms with E-state index in [0.29, 0.717) is 26.4 Å². The molecule has 27 heteroatoms. The van der Waals surface area contributed by atoms with Crippen LogP contribution in [0.5, 0.6) is 0 Å². The zero-order valence-corrected chi connectivity index (χ0v) is 47.8. The second-order valence-corrected chi connectivity index (χ2v) is 21.9. The Bertz CT molecular complexity index is 1990. The van der Waals surface area contributed by atoms with Crippen LogP contribution in [0.4, 0.5) is 0 Å². The molecule has 6 N–H and O–H groups in total. The van der Waals surface area contributed by atoms with E-state index in [-0.39, 0.29) is 45.4 Å². The van der Waals surface area contributed by atoms with Crippen LogP contribution in [-0.2, 0) is 85.8 Å². The van der Waals surface area contributed by atoms with E-state index in [9.17, 15) is 47.9 Å². The quantitative estimate of drug-likeness (QED) is 0.0132. The smallest absolute Gasteiger partial charge is 0.308 e. The van der Waals surface area contributed by atoms with Crippen molar-refractivity contribution in [2.75, 3.05) is 65.9 Å². The van der Waals surface area contributed by atoms with Crippen molar-refractivity contribution in [3.63, 3.8) is 0 Å². The summed E-state index contributed by atoms with van der Waals surface area (Å²) in [6, 6.07) is -7.59. The first-order chi connectivity index (χ1) is 35.5. The number of carbonyl (C=O) groups is 10. The second-order valence-electron chi connectivity index (χ2n) is 21.9. The molecular formula is C50H87N9O18. The van der Waals surface area contributed by atoms with E-state index >= 15 is 0 Å². The van der Waals surface area contributed by atoms with Crippen LogP contribution in [0.3, 0.4) is 0 Å². The van der Waals surface area contributed by atoms with Gasteiger partial charge in [-0.25, -0.2) is 0 Å². The molecule has 0 aliphatic heterocycles. The summed E-state index contributed by atoms with van der Waals surface area (Å²) in [6.45, 7) is 25.5. The number of amides is 6. The van der Waals surface area contributed by atoms with Gasteiger partial charge in [-0.2, -0.15) is 0 Å². The molecule has 0 aliphatic carbocycles. The minimum atomic E-state index is -1.68. The molecule has 0 heterocycles. The van der Waals surface area contributed by atoms with Gasteiger partial charge in [0.2, 0.25) is 35.4 Å². The molecular weight excluding hydrogens is 1010 g/mol. The van der Waals surface area contributed by atoms with E-state index in [1.54, 1.807) is 96.9 Å². The normalized spacial score (nSPS) is 13.7. The second kappa shape index (κ2) is 35.3. The molecule has 0 bridgehead atoms. The van der Waals surface area contributed by atoms with Crippen LogP contribution in [-0.4, -0.2) is 178 Å². The Kier molecular flexibility index (Phi) is 32.5. The molecule has 0 rings (SSSR count). The number of nitrogens with one attached hydrogen (secondary N) is 6. The highest BCUT2D eigenvalue weighted by Crippen LogP contribution is 2.15. The lowest BCUT2D eigenvalue weighted by Crippen LogP contribution is -2.60. The van der Waals surface area contributed by atoms with Crippen LogP contribution in [0, 0.1) is 5.92 Å². The molecule has 440 valence electrons. The number of nitrogens with zero attached hydrogens (tertiary/aromatic N) is 3. The minimum Gasteiger partial charge on any atom is -0.460 e. The number of azide groups is 1. The number of rotatable bonds is 35. The maximum absolute atomic E-state index is 14.1. The monoisotopic (exact) mass is 1100 g/mol. The van der Waals surface area contributed by atoms with E-state index in [0.717, 1.165) is 0 Å². The Morgan fingerprint density at radius 2 is 0.844 bits per heavy atom. The summed E-state index contributed by atoms with van der Waals surface area (Å²) in [4.78, 5) is 134. The number of hydrogen-bond donors (Lipinski definition) is 6. The Morgan fingerprint density at radius 3 is 1.30 bits per heavy atom. The average Bonchev–Trinajstić information content (AvgIpc) is 3.26.